The summed E-state index contributed by atoms with van der Waals surface area (Å²) in [5.41, 5.74) is 3.21. The van der Waals surface area contributed by atoms with Gasteiger partial charge in [-0.3, -0.25) is 14.2 Å². The van der Waals surface area contributed by atoms with Crippen molar-refractivity contribution >= 4 is 44.7 Å². The van der Waals surface area contributed by atoms with Crippen LogP contribution in [0.1, 0.15) is 11.4 Å². The minimum atomic E-state index is -0.428. The fourth-order valence-electron chi connectivity index (χ4n) is 4.13. The van der Waals surface area contributed by atoms with Gasteiger partial charge in [0.25, 0.3) is 5.56 Å². The lowest BCUT2D eigenvalue weighted by Crippen LogP contribution is -2.27. The molecule has 35 heavy (non-hydrogen) atoms. The van der Waals surface area contributed by atoms with E-state index in [4.69, 9.17) is 4.42 Å². The Morgan fingerprint density at radius 3 is 2.80 bits per heavy atom. The first kappa shape index (κ1) is 20.8. The van der Waals surface area contributed by atoms with Crippen LogP contribution in [0.15, 0.2) is 82.3 Å². The number of hydrogen-bond acceptors (Lipinski definition) is 5. The van der Waals surface area contributed by atoms with Gasteiger partial charge in [0.2, 0.25) is 11.5 Å². The Labute approximate surface area is 197 Å². The Balaban J connectivity index is 1.21. The van der Waals surface area contributed by atoms with Gasteiger partial charge in [0, 0.05) is 17.5 Å². The van der Waals surface area contributed by atoms with Gasteiger partial charge in [-0.1, -0.05) is 30.3 Å². The number of halogens is 1. The number of hydrogen-bond donors (Lipinski definition) is 2. The molecule has 3 heterocycles. The first-order valence-electron chi connectivity index (χ1n) is 10.9. The fourth-order valence-corrected chi connectivity index (χ4v) is 4.13. The van der Waals surface area contributed by atoms with Crippen molar-refractivity contribution in [1.82, 2.24) is 19.5 Å². The summed E-state index contributed by atoms with van der Waals surface area (Å²) >= 11 is 0. The molecule has 0 spiro atoms. The normalized spacial score (nSPS) is 11.5. The van der Waals surface area contributed by atoms with Crippen molar-refractivity contribution in [3.8, 4) is 0 Å². The van der Waals surface area contributed by atoms with E-state index in [1.165, 1.54) is 17.0 Å². The molecule has 0 aliphatic carbocycles. The molecule has 0 bridgehead atoms. The predicted octanol–water partition coefficient (Wildman–Crippen LogP) is 4.39. The number of para-hydroxylation sites is 1. The smallest absolute Gasteiger partial charge is 0.297 e. The predicted molar refractivity (Wildman–Crippen MR) is 130 cm³/mol. The fraction of sp³-hybridized carbons (Fsp3) is 0.0769. The van der Waals surface area contributed by atoms with Crippen LogP contribution in [0.25, 0.3) is 33.1 Å². The third-order valence-corrected chi connectivity index (χ3v) is 5.79. The van der Waals surface area contributed by atoms with E-state index in [1.807, 2.05) is 18.2 Å². The van der Waals surface area contributed by atoms with Gasteiger partial charge in [-0.15, -0.1) is 0 Å². The van der Waals surface area contributed by atoms with E-state index in [1.54, 1.807) is 42.5 Å². The van der Waals surface area contributed by atoms with Gasteiger partial charge >= 0.3 is 0 Å². The largest absolute Gasteiger partial charge is 0.448 e. The molecule has 0 saturated heterocycles. The number of H-pyrrole nitrogens is 1. The standard InChI is InChI=1S/C26H18FN5O3/c27-18-7-3-1-5-15(18)11-22-30-19-10-9-16(12-20(19)31-22)29-23(33)13-32-14-28-24-17-6-2-4-8-21(17)35-25(24)26(32)34/h1-10,12,14H,11,13H2,(H,29,33)(H,30,31). The van der Waals surface area contributed by atoms with Crippen LogP contribution in [0.2, 0.25) is 0 Å². The molecule has 3 aromatic heterocycles. The molecule has 0 aliphatic rings. The molecule has 0 atom stereocenters. The van der Waals surface area contributed by atoms with Crippen molar-refractivity contribution in [1.29, 1.82) is 0 Å². The van der Waals surface area contributed by atoms with Crippen molar-refractivity contribution in [2.24, 2.45) is 0 Å². The highest BCUT2D eigenvalue weighted by atomic mass is 19.1. The molecule has 0 fully saturated rings. The molecule has 0 saturated carbocycles. The van der Waals surface area contributed by atoms with Crippen LogP contribution < -0.4 is 10.9 Å². The molecule has 2 N–H and O–H groups in total. The quantitative estimate of drug-likeness (QED) is 0.391. The molecule has 0 radical (unpaired) electrons. The molecule has 6 rings (SSSR count). The van der Waals surface area contributed by atoms with E-state index in [-0.39, 0.29) is 17.9 Å². The zero-order chi connectivity index (χ0) is 23.9. The molecule has 0 aliphatic heterocycles. The minimum Gasteiger partial charge on any atom is -0.448 e. The number of aromatic amines is 1. The lowest BCUT2D eigenvalue weighted by molar-refractivity contribution is -0.116. The third-order valence-electron chi connectivity index (χ3n) is 5.79. The second-order valence-corrected chi connectivity index (χ2v) is 8.19. The lowest BCUT2D eigenvalue weighted by Gasteiger charge is -2.07. The van der Waals surface area contributed by atoms with E-state index in [0.717, 1.165) is 5.39 Å². The number of carbonyl (C=O) groups is 1. The van der Waals surface area contributed by atoms with Gasteiger partial charge in [0.1, 0.15) is 29.3 Å². The number of imidazole rings is 1. The molecule has 8 nitrogen and oxygen atoms in total. The van der Waals surface area contributed by atoms with E-state index in [2.05, 4.69) is 20.3 Å². The second kappa shape index (κ2) is 8.21. The molecule has 0 unspecified atom stereocenters. The summed E-state index contributed by atoms with van der Waals surface area (Å²) in [4.78, 5) is 37.5. The number of nitrogens with zero attached hydrogens (tertiary/aromatic N) is 3. The summed E-state index contributed by atoms with van der Waals surface area (Å²) in [5, 5.41) is 3.54. The van der Waals surface area contributed by atoms with Crippen LogP contribution in [0.3, 0.4) is 0 Å². The van der Waals surface area contributed by atoms with Crippen LogP contribution >= 0.6 is 0 Å². The van der Waals surface area contributed by atoms with E-state index < -0.39 is 11.5 Å². The highest BCUT2D eigenvalue weighted by molar-refractivity contribution is 6.01. The number of fused-ring (bicyclic) bond motifs is 4. The Morgan fingerprint density at radius 1 is 1.09 bits per heavy atom. The number of carbonyl (C=O) groups excluding carboxylic acids is 1. The maximum Gasteiger partial charge on any atom is 0.297 e. The molecule has 9 heteroatoms. The molecule has 6 aromatic rings. The van der Waals surface area contributed by atoms with E-state index >= 15 is 0 Å². The van der Waals surface area contributed by atoms with Crippen molar-refractivity contribution in [3.05, 3.63) is 101 Å². The summed E-state index contributed by atoms with van der Waals surface area (Å²) in [6.07, 6.45) is 1.67. The van der Waals surface area contributed by atoms with Crippen molar-refractivity contribution in [3.63, 3.8) is 0 Å². The number of benzene rings is 3. The van der Waals surface area contributed by atoms with Crippen LogP contribution in [0, 0.1) is 5.82 Å². The number of nitrogens with one attached hydrogen (secondary N) is 2. The number of furan rings is 1. The Morgan fingerprint density at radius 2 is 1.91 bits per heavy atom. The second-order valence-electron chi connectivity index (χ2n) is 8.19. The minimum absolute atomic E-state index is 0.114. The van der Waals surface area contributed by atoms with Gasteiger partial charge in [-0.25, -0.2) is 14.4 Å². The van der Waals surface area contributed by atoms with Gasteiger partial charge in [-0.2, -0.15) is 0 Å². The average Bonchev–Trinajstić information content (AvgIpc) is 3.43. The highest BCUT2D eigenvalue weighted by Crippen LogP contribution is 2.24. The van der Waals surface area contributed by atoms with Crippen molar-refractivity contribution < 1.29 is 13.6 Å². The number of anilines is 1. The summed E-state index contributed by atoms with van der Waals surface area (Å²) in [5.74, 6) is -0.0633. The van der Waals surface area contributed by atoms with Gasteiger partial charge in [-0.05, 0) is 42.0 Å². The van der Waals surface area contributed by atoms with Gasteiger partial charge in [0.05, 0.1) is 17.4 Å². The van der Waals surface area contributed by atoms with Crippen LogP contribution in [0.5, 0.6) is 0 Å². The Kier molecular flexibility index (Phi) is 4.88. The summed E-state index contributed by atoms with van der Waals surface area (Å²) < 4.78 is 20.8. The number of amides is 1. The molecular formula is C26H18FN5O3. The van der Waals surface area contributed by atoms with Crippen molar-refractivity contribution in [2.75, 3.05) is 5.32 Å². The average molecular weight is 467 g/mol. The maximum absolute atomic E-state index is 14.0. The van der Waals surface area contributed by atoms with Crippen LogP contribution in [-0.2, 0) is 17.8 Å². The topological polar surface area (TPSA) is 106 Å². The van der Waals surface area contributed by atoms with Gasteiger partial charge in [0.15, 0.2) is 0 Å². The molecule has 1 amide bonds. The van der Waals surface area contributed by atoms with E-state index in [0.29, 0.717) is 45.6 Å². The SMILES string of the molecule is O=C(Cn1cnc2c(oc3ccccc32)c1=O)Nc1ccc2nc(Cc3ccccc3F)[nH]c2c1. The van der Waals surface area contributed by atoms with Crippen LogP contribution in [0.4, 0.5) is 10.1 Å². The summed E-state index contributed by atoms with van der Waals surface area (Å²) in [6.45, 7) is -0.224. The Bertz CT molecular complexity index is 1800. The molecule has 3 aromatic carbocycles. The summed E-state index contributed by atoms with van der Waals surface area (Å²) in [7, 11) is 0. The zero-order valence-electron chi connectivity index (χ0n) is 18.3. The highest BCUT2D eigenvalue weighted by Gasteiger charge is 2.15. The first-order valence-corrected chi connectivity index (χ1v) is 10.9. The first-order chi connectivity index (χ1) is 17.0. The number of rotatable bonds is 5. The summed E-state index contributed by atoms with van der Waals surface area (Å²) in [6, 6.07) is 19.0. The third kappa shape index (κ3) is 3.82. The lowest BCUT2D eigenvalue weighted by atomic mass is 10.1. The Hall–Kier alpha value is -4.79. The van der Waals surface area contributed by atoms with Gasteiger partial charge < -0.3 is 14.7 Å². The maximum atomic E-state index is 14.0. The zero-order valence-corrected chi connectivity index (χ0v) is 18.3. The van der Waals surface area contributed by atoms with E-state index in [9.17, 15) is 14.0 Å². The molecular weight excluding hydrogens is 449 g/mol. The molecule has 172 valence electrons. The van der Waals surface area contributed by atoms with Crippen LogP contribution in [-0.4, -0.2) is 25.4 Å². The monoisotopic (exact) mass is 467 g/mol. The number of aromatic nitrogens is 4. The van der Waals surface area contributed by atoms with Crippen molar-refractivity contribution in [2.45, 2.75) is 13.0 Å².